The highest BCUT2D eigenvalue weighted by Crippen LogP contribution is 2.32. The van der Waals surface area contributed by atoms with Gasteiger partial charge in [0.15, 0.2) is 5.17 Å². The molecule has 1 aliphatic heterocycles. The number of nitrogens with zero attached hydrogens (tertiary/aromatic N) is 3. The molecule has 1 unspecified atom stereocenters. The van der Waals surface area contributed by atoms with Crippen LogP contribution in [0.5, 0.6) is 5.75 Å². The number of carbonyl (C=O) groups excluding carboxylic acids is 1. The van der Waals surface area contributed by atoms with Gasteiger partial charge in [-0.1, -0.05) is 73.3 Å². The van der Waals surface area contributed by atoms with Crippen LogP contribution in [0.1, 0.15) is 24.5 Å². The zero-order chi connectivity index (χ0) is 20.9. The van der Waals surface area contributed by atoms with Gasteiger partial charge in [0.05, 0.1) is 25.1 Å². The number of carbonyl (C=O) groups is 1. The van der Waals surface area contributed by atoms with Crippen molar-refractivity contribution in [3.63, 3.8) is 0 Å². The molecule has 1 aliphatic rings. The molecule has 4 rings (SSSR count). The van der Waals surface area contributed by atoms with E-state index in [1.807, 2.05) is 49.4 Å². The first-order valence-electron chi connectivity index (χ1n) is 9.90. The summed E-state index contributed by atoms with van der Waals surface area (Å²) in [7, 11) is 1.63. The maximum Gasteiger partial charge on any atom is 0.242 e. The summed E-state index contributed by atoms with van der Waals surface area (Å²) in [5.41, 5.74) is 1.94. The highest BCUT2D eigenvalue weighted by atomic mass is 32.2. The van der Waals surface area contributed by atoms with E-state index in [1.54, 1.807) is 18.2 Å². The van der Waals surface area contributed by atoms with Crippen molar-refractivity contribution in [3.8, 4) is 5.75 Å². The number of para-hydroxylation sites is 1. The van der Waals surface area contributed by atoms with Crippen molar-refractivity contribution in [2.24, 2.45) is 10.2 Å². The van der Waals surface area contributed by atoms with Gasteiger partial charge in [-0.2, -0.15) is 5.10 Å². The Morgan fingerprint density at radius 2 is 1.83 bits per heavy atom. The van der Waals surface area contributed by atoms with Crippen molar-refractivity contribution in [1.29, 1.82) is 0 Å². The lowest BCUT2D eigenvalue weighted by molar-refractivity contribution is -0.126. The average Bonchev–Trinajstić information content (AvgIpc) is 3.09. The summed E-state index contributed by atoms with van der Waals surface area (Å²) >= 11 is 1.48. The van der Waals surface area contributed by atoms with E-state index >= 15 is 0 Å². The molecule has 1 heterocycles. The number of thioether (sulfide) groups is 1. The molecule has 1 fully saturated rings. The second-order valence-electron chi connectivity index (χ2n) is 6.95. The number of benzene rings is 3. The summed E-state index contributed by atoms with van der Waals surface area (Å²) in [6.07, 6.45) is 2.41. The summed E-state index contributed by atoms with van der Waals surface area (Å²) in [6.45, 7) is 2.50. The highest BCUT2D eigenvalue weighted by Gasteiger charge is 2.37. The predicted octanol–water partition coefficient (Wildman–Crippen LogP) is 5.09. The number of amides is 1. The molecule has 0 saturated carbocycles. The molecule has 0 radical (unpaired) electrons. The molecule has 3 aromatic carbocycles. The minimum atomic E-state index is -0.125. The molecule has 6 heteroatoms. The van der Waals surface area contributed by atoms with Gasteiger partial charge in [-0.3, -0.25) is 9.69 Å². The summed E-state index contributed by atoms with van der Waals surface area (Å²) < 4.78 is 5.35. The molecule has 152 valence electrons. The fourth-order valence-electron chi connectivity index (χ4n) is 3.50. The van der Waals surface area contributed by atoms with Gasteiger partial charge in [0.2, 0.25) is 5.91 Å². The van der Waals surface area contributed by atoms with E-state index in [4.69, 9.17) is 4.74 Å². The van der Waals surface area contributed by atoms with Crippen LogP contribution in [0, 0.1) is 0 Å². The van der Waals surface area contributed by atoms with Crippen molar-refractivity contribution < 1.29 is 9.53 Å². The van der Waals surface area contributed by atoms with Crippen LogP contribution in [0.15, 0.2) is 76.9 Å². The van der Waals surface area contributed by atoms with Crippen LogP contribution in [0.2, 0.25) is 0 Å². The van der Waals surface area contributed by atoms with Crippen molar-refractivity contribution >= 4 is 39.8 Å². The van der Waals surface area contributed by atoms with Crippen molar-refractivity contribution in [1.82, 2.24) is 4.90 Å². The average molecular weight is 418 g/mol. The molecule has 3 aromatic rings. The molecular formula is C24H23N3O2S. The van der Waals surface area contributed by atoms with E-state index in [0.717, 1.165) is 34.1 Å². The summed E-state index contributed by atoms with van der Waals surface area (Å²) in [4.78, 5) is 14.7. The number of hydrogen-bond acceptors (Lipinski definition) is 5. The van der Waals surface area contributed by atoms with Gasteiger partial charge >= 0.3 is 0 Å². The lowest BCUT2D eigenvalue weighted by Gasteiger charge is -2.17. The van der Waals surface area contributed by atoms with Crippen molar-refractivity contribution in [2.75, 3.05) is 7.11 Å². The fraction of sp³-hybridized carbons (Fsp3) is 0.208. The molecular weight excluding hydrogens is 394 g/mol. The van der Waals surface area contributed by atoms with E-state index in [-0.39, 0.29) is 11.2 Å². The second kappa shape index (κ2) is 9.13. The van der Waals surface area contributed by atoms with Crippen molar-refractivity contribution in [3.05, 3.63) is 77.9 Å². The molecule has 1 amide bonds. The third-order valence-electron chi connectivity index (χ3n) is 5.08. The molecule has 0 aliphatic carbocycles. The Kier molecular flexibility index (Phi) is 6.14. The van der Waals surface area contributed by atoms with Crippen LogP contribution in [-0.2, 0) is 11.3 Å². The van der Waals surface area contributed by atoms with Crippen LogP contribution in [0.3, 0.4) is 0 Å². The first kappa shape index (κ1) is 20.2. The Hall–Kier alpha value is -3.12. The number of rotatable bonds is 6. The van der Waals surface area contributed by atoms with Crippen LogP contribution >= 0.6 is 11.8 Å². The van der Waals surface area contributed by atoms with Gasteiger partial charge in [0, 0.05) is 5.56 Å². The number of fused-ring (bicyclic) bond motifs is 1. The fourth-order valence-corrected chi connectivity index (χ4v) is 4.53. The first-order valence-corrected chi connectivity index (χ1v) is 10.8. The second-order valence-corrected chi connectivity index (χ2v) is 8.12. The quantitative estimate of drug-likeness (QED) is 0.415. The van der Waals surface area contributed by atoms with Gasteiger partial charge in [-0.15, -0.1) is 5.10 Å². The van der Waals surface area contributed by atoms with Gasteiger partial charge in [-0.25, -0.2) is 0 Å². The SMILES string of the molecule is CCC1S/C(=N/N=C/c2ccccc2OC)N(Cc2cccc3ccccc23)C1=O. The maximum atomic E-state index is 13.0. The monoisotopic (exact) mass is 417 g/mol. The largest absolute Gasteiger partial charge is 0.496 e. The van der Waals surface area contributed by atoms with Crippen LogP contribution < -0.4 is 4.74 Å². The lowest BCUT2D eigenvalue weighted by Crippen LogP contribution is -2.31. The first-order chi connectivity index (χ1) is 14.7. The van der Waals surface area contributed by atoms with E-state index in [1.165, 1.54) is 11.8 Å². The van der Waals surface area contributed by atoms with E-state index < -0.39 is 0 Å². The van der Waals surface area contributed by atoms with E-state index in [0.29, 0.717) is 11.7 Å². The van der Waals surface area contributed by atoms with Crippen LogP contribution in [0.25, 0.3) is 10.8 Å². The Labute approximate surface area is 180 Å². The third kappa shape index (κ3) is 4.09. The summed E-state index contributed by atoms with van der Waals surface area (Å²) in [5.74, 6) is 0.817. The van der Waals surface area contributed by atoms with Crippen LogP contribution in [-0.4, -0.2) is 34.5 Å². The minimum Gasteiger partial charge on any atom is -0.496 e. The normalized spacial score (nSPS) is 18.1. The van der Waals surface area contributed by atoms with Crippen molar-refractivity contribution in [2.45, 2.75) is 25.1 Å². The summed E-state index contributed by atoms with van der Waals surface area (Å²) in [5, 5.41) is 11.5. The Balaban J connectivity index is 1.63. The number of methoxy groups -OCH3 is 1. The van der Waals surface area contributed by atoms with E-state index in [2.05, 4.69) is 34.5 Å². The molecule has 0 aromatic heterocycles. The highest BCUT2D eigenvalue weighted by molar-refractivity contribution is 8.15. The summed E-state index contributed by atoms with van der Waals surface area (Å²) in [6, 6.07) is 22.0. The Bertz CT molecular complexity index is 1120. The Morgan fingerprint density at radius 1 is 1.07 bits per heavy atom. The number of hydrogen-bond donors (Lipinski definition) is 0. The van der Waals surface area contributed by atoms with Gasteiger partial charge in [0.25, 0.3) is 0 Å². The predicted molar refractivity (Wildman–Crippen MR) is 124 cm³/mol. The smallest absolute Gasteiger partial charge is 0.242 e. The van der Waals surface area contributed by atoms with Gasteiger partial charge in [0.1, 0.15) is 5.75 Å². The molecule has 1 atom stereocenters. The molecule has 0 N–H and O–H groups in total. The third-order valence-corrected chi connectivity index (χ3v) is 6.41. The molecule has 0 bridgehead atoms. The standard InChI is InChI=1S/C24H23N3O2S/c1-3-22-23(28)27(16-19-12-8-11-17-9-4-6-13-20(17)19)24(30-22)26-25-15-18-10-5-7-14-21(18)29-2/h4-15,22H,3,16H2,1-2H3/b25-15+,26-24+. The zero-order valence-electron chi connectivity index (χ0n) is 17.0. The number of ether oxygens (including phenoxy) is 1. The molecule has 1 saturated heterocycles. The van der Waals surface area contributed by atoms with E-state index in [9.17, 15) is 4.79 Å². The maximum absolute atomic E-state index is 13.0. The Morgan fingerprint density at radius 3 is 2.67 bits per heavy atom. The van der Waals surface area contributed by atoms with Gasteiger partial charge < -0.3 is 4.74 Å². The van der Waals surface area contributed by atoms with Crippen LogP contribution in [0.4, 0.5) is 0 Å². The minimum absolute atomic E-state index is 0.0849. The molecule has 0 spiro atoms. The topological polar surface area (TPSA) is 54.3 Å². The zero-order valence-corrected chi connectivity index (χ0v) is 17.8. The molecule has 30 heavy (non-hydrogen) atoms. The van der Waals surface area contributed by atoms with Gasteiger partial charge in [-0.05, 0) is 34.9 Å². The molecule has 5 nitrogen and oxygen atoms in total. The lowest BCUT2D eigenvalue weighted by atomic mass is 10.0. The number of amidine groups is 1.